The number of rotatable bonds is 5. The summed E-state index contributed by atoms with van der Waals surface area (Å²) in [5, 5.41) is 3.85. The Kier molecular flexibility index (Phi) is 4.65. The van der Waals surface area contributed by atoms with Crippen molar-refractivity contribution < 1.29 is 13.9 Å². The van der Waals surface area contributed by atoms with Gasteiger partial charge in [-0.05, 0) is 42.3 Å². The smallest absolute Gasteiger partial charge is 0.337 e. The highest BCUT2D eigenvalue weighted by Gasteiger charge is 2.06. The monoisotopic (exact) mass is 325 g/mol. The summed E-state index contributed by atoms with van der Waals surface area (Å²) in [5.74, 6) is -0.0708. The van der Waals surface area contributed by atoms with Crippen molar-refractivity contribution in [3.05, 3.63) is 65.7 Å². The quantitative estimate of drug-likeness (QED) is 0.730. The minimum absolute atomic E-state index is 0.321. The molecule has 0 spiro atoms. The lowest BCUT2D eigenvalue weighted by Gasteiger charge is -2.08. The zero-order valence-electron chi connectivity index (χ0n) is 13.1. The van der Waals surface area contributed by atoms with Crippen LogP contribution >= 0.6 is 0 Å². The Balaban J connectivity index is 1.66. The van der Waals surface area contributed by atoms with Gasteiger partial charge in [0.15, 0.2) is 0 Å². The molecular weight excluding hydrogens is 309 g/mol. The maximum absolute atomic E-state index is 13.4. The fraction of sp³-hybridized carbons (Fsp3) is 0.167. The molecular formula is C18H16FN3O2. The van der Waals surface area contributed by atoms with E-state index in [2.05, 4.69) is 20.0 Å². The number of nitrogens with zero attached hydrogens (tertiary/aromatic N) is 2. The van der Waals surface area contributed by atoms with Crippen molar-refractivity contribution >= 4 is 22.7 Å². The van der Waals surface area contributed by atoms with E-state index < -0.39 is 0 Å². The highest BCUT2D eigenvalue weighted by atomic mass is 19.1. The van der Waals surface area contributed by atoms with E-state index >= 15 is 0 Å². The normalized spacial score (nSPS) is 10.6. The first kappa shape index (κ1) is 15.9. The number of methoxy groups -OCH3 is 1. The van der Waals surface area contributed by atoms with Crippen LogP contribution in [0.3, 0.4) is 0 Å². The first-order chi connectivity index (χ1) is 11.7. The summed E-state index contributed by atoms with van der Waals surface area (Å²) < 4.78 is 18.1. The molecule has 1 aromatic heterocycles. The van der Waals surface area contributed by atoms with E-state index in [4.69, 9.17) is 0 Å². The molecule has 0 fully saturated rings. The SMILES string of the molecule is COC(=O)c1ccc(CCNc2ncnc3ccc(F)cc23)cc1. The Hall–Kier alpha value is -3.02. The lowest BCUT2D eigenvalue weighted by atomic mass is 10.1. The maximum Gasteiger partial charge on any atom is 0.337 e. The molecule has 2 aromatic carbocycles. The molecule has 0 unspecified atom stereocenters. The van der Waals surface area contributed by atoms with Gasteiger partial charge in [-0.3, -0.25) is 0 Å². The highest BCUT2D eigenvalue weighted by molar-refractivity contribution is 5.89. The molecule has 0 radical (unpaired) electrons. The average Bonchev–Trinajstić information content (AvgIpc) is 2.62. The van der Waals surface area contributed by atoms with Crippen molar-refractivity contribution in [3.63, 3.8) is 0 Å². The lowest BCUT2D eigenvalue weighted by molar-refractivity contribution is 0.0600. The van der Waals surface area contributed by atoms with Crippen molar-refractivity contribution in [1.29, 1.82) is 0 Å². The van der Waals surface area contributed by atoms with Crippen molar-refractivity contribution in [2.24, 2.45) is 0 Å². The van der Waals surface area contributed by atoms with Gasteiger partial charge in [0.2, 0.25) is 0 Å². The van der Waals surface area contributed by atoms with Crippen LogP contribution in [0.15, 0.2) is 48.8 Å². The fourth-order valence-corrected chi connectivity index (χ4v) is 2.42. The number of halogens is 1. The zero-order chi connectivity index (χ0) is 16.9. The highest BCUT2D eigenvalue weighted by Crippen LogP contribution is 2.20. The lowest BCUT2D eigenvalue weighted by Crippen LogP contribution is -2.07. The van der Waals surface area contributed by atoms with Crippen LogP contribution in [-0.4, -0.2) is 29.6 Å². The minimum atomic E-state index is -0.353. The Morgan fingerprint density at radius 2 is 1.96 bits per heavy atom. The van der Waals surface area contributed by atoms with Crippen molar-refractivity contribution in [2.45, 2.75) is 6.42 Å². The van der Waals surface area contributed by atoms with Crippen molar-refractivity contribution in [2.75, 3.05) is 19.0 Å². The third-order valence-electron chi connectivity index (χ3n) is 3.68. The number of esters is 1. The molecule has 6 heteroatoms. The number of carbonyl (C=O) groups excluding carboxylic acids is 1. The van der Waals surface area contributed by atoms with Crippen LogP contribution < -0.4 is 5.32 Å². The number of ether oxygens (including phenoxy) is 1. The summed E-state index contributed by atoms with van der Waals surface area (Å²) in [6.45, 7) is 0.625. The van der Waals surface area contributed by atoms with E-state index in [-0.39, 0.29) is 11.8 Å². The van der Waals surface area contributed by atoms with E-state index in [1.54, 1.807) is 18.2 Å². The Morgan fingerprint density at radius 1 is 1.17 bits per heavy atom. The molecule has 0 aliphatic heterocycles. The van der Waals surface area contributed by atoms with Crippen LogP contribution in [-0.2, 0) is 11.2 Å². The molecule has 0 amide bonds. The maximum atomic E-state index is 13.4. The Bertz CT molecular complexity index is 866. The van der Waals surface area contributed by atoms with E-state index in [0.717, 1.165) is 12.0 Å². The van der Waals surface area contributed by atoms with Crippen LogP contribution in [0.25, 0.3) is 10.9 Å². The molecule has 0 bridgehead atoms. The van der Waals surface area contributed by atoms with Gasteiger partial charge in [-0.1, -0.05) is 12.1 Å². The summed E-state index contributed by atoms with van der Waals surface area (Å²) in [6.07, 6.45) is 2.19. The number of aromatic nitrogens is 2. The molecule has 3 rings (SSSR count). The second-order valence-electron chi connectivity index (χ2n) is 5.25. The molecule has 0 aliphatic carbocycles. The number of hydrogen-bond acceptors (Lipinski definition) is 5. The molecule has 0 atom stereocenters. The molecule has 0 saturated carbocycles. The number of anilines is 1. The van der Waals surface area contributed by atoms with Crippen LogP contribution in [0.5, 0.6) is 0 Å². The summed E-state index contributed by atoms with van der Waals surface area (Å²) in [5.41, 5.74) is 2.28. The number of hydrogen-bond donors (Lipinski definition) is 1. The van der Waals surface area contributed by atoms with E-state index in [9.17, 15) is 9.18 Å². The van der Waals surface area contributed by atoms with Gasteiger partial charge in [0.25, 0.3) is 0 Å². The molecule has 1 N–H and O–H groups in total. The van der Waals surface area contributed by atoms with Gasteiger partial charge in [-0.15, -0.1) is 0 Å². The summed E-state index contributed by atoms with van der Waals surface area (Å²) in [7, 11) is 1.36. The standard InChI is InChI=1S/C18H16FN3O2/c1-24-18(23)13-4-2-12(3-5-13)8-9-20-17-15-10-14(19)6-7-16(15)21-11-22-17/h2-7,10-11H,8-9H2,1H3,(H,20,21,22). The van der Waals surface area contributed by atoms with E-state index in [1.807, 2.05) is 12.1 Å². The van der Waals surface area contributed by atoms with Gasteiger partial charge in [0, 0.05) is 11.9 Å². The van der Waals surface area contributed by atoms with Crippen LogP contribution in [0.1, 0.15) is 15.9 Å². The Morgan fingerprint density at radius 3 is 2.71 bits per heavy atom. The molecule has 24 heavy (non-hydrogen) atoms. The molecule has 0 saturated heterocycles. The van der Waals surface area contributed by atoms with Crippen molar-refractivity contribution in [3.8, 4) is 0 Å². The third-order valence-corrected chi connectivity index (χ3v) is 3.68. The van der Waals surface area contributed by atoms with Gasteiger partial charge in [0.05, 0.1) is 18.2 Å². The van der Waals surface area contributed by atoms with Crippen molar-refractivity contribution in [1.82, 2.24) is 9.97 Å². The summed E-state index contributed by atoms with van der Waals surface area (Å²) in [6, 6.07) is 11.7. The fourth-order valence-electron chi connectivity index (χ4n) is 2.42. The third kappa shape index (κ3) is 3.48. The van der Waals surface area contributed by atoms with Gasteiger partial charge < -0.3 is 10.1 Å². The van der Waals surface area contributed by atoms with Crippen LogP contribution in [0.4, 0.5) is 10.2 Å². The molecule has 5 nitrogen and oxygen atoms in total. The first-order valence-corrected chi connectivity index (χ1v) is 7.49. The molecule has 0 aliphatic rings. The van der Waals surface area contributed by atoms with E-state index in [1.165, 1.54) is 25.6 Å². The van der Waals surface area contributed by atoms with Crippen LogP contribution in [0.2, 0.25) is 0 Å². The predicted octanol–water partition coefficient (Wildman–Crippen LogP) is 3.21. The zero-order valence-corrected chi connectivity index (χ0v) is 13.1. The summed E-state index contributed by atoms with van der Waals surface area (Å²) >= 11 is 0. The number of nitrogens with one attached hydrogen (secondary N) is 1. The van der Waals surface area contributed by atoms with Gasteiger partial charge in [0.1, 0.15) is 18.0 Å². The number of fused-ring (bicyclic) bond motifs is 1. The van der Waals surface area contributed by atoms with Crippen LogP contribution in [0, 0.1) is 5.82 Å². The topological polar surface area (TPSA) is 64.1 Å². The van der Waals surface area contributed by atoms with Gasteiger partial charge >= 0.3 is 5.97 Å². The Labute approximate surface area is 138 Å². The molecule has 122 valence electrons. The molecule has 3 aromatic rings. The molecule has 1 heterocycles. The van der Waals surface area contributed by atoms with Gasteiger partial charge in [-0.2, -0.15) is 0 Å². The minimum Gasteiger partial charge on any atom is -0.465 e. The predicted molar refractivity (Wildman–Crippen MR) is 89.5 cm³/mol. The average molecular weight is 325 g/mol. The summed E-state index contributed by atoms with van der Waals surface area (Å²) in [4.78, 5) is 19.7. The van der Waals surface area contributed by atoms with Gasteiger partial charge in [-0.25, -0.2) is 19.2 Å². The number of benzene rings is 2. The first-order valence-electron chi connectivity index (χ1n) is 7.49. The number of carbonyl (C=O) groups is 1. The second kappa shape index (κ2) is 7.04. The van der Waals surface area contributed by atoms with E-state index in [0.29, 0.717) is 28.8 Å². The largest absolute Gasteiger partial charge is 0.465 e. The second-order valence-corrected chi connectivity index (χ2v) is 5.25.